The minimum absolute atomic E-state index is 0.176. The summed E-state index contributed by atoms with van der Waals surface area (Å²) in [7, 11) is 0. The van der Waals surface area contributed by atoms with Crippen molar-refractivity contribution in [3.8, 4) is 0 Å². The lowest BCUT2D eigenvalue weighted by atomic mass is 10.2. The Morgan fingerprint density at radius 1 is 1.39 bits per heavy atom. The highest BCUT2D eigenvalue weighted by Crippen LogP contribution is 2.27. The molecule has 3 rings (SSSR count). The van der Waals surface area contributed by atoms with Crippen LogP contribution in [0, 0.1) is 0 Å². The van der Waals surface area contributed by atoms with E-state index < -0.39 is 5.97 Å². The zero-order valence-electron chi connectivity index (χ0n) is 11.9. The van der Waals surface area contributed by atoms with E-state index in [2.05, 4.69) is 20.5 Å². The number of hydrogen-bond acceptors (Lipinski definition) is 7. The van der Waals surface area contributed by atoms with Crippen LogP contribution in [0.5, 0.6) is 0 Å². The van der Waals surface area contributed by atoms with Gasteiger partial charge in [0.05, 0.1) is 26.6 Å². The predicted octanol–water partition coefficient (Wildman–Crippen LogP) is 2.84. The van der Waals surface area contributed by atoms with Crippen LogP contribution in [0.3, 0.4) is 0 Å². The van der Waals surface area contributed by atoms with Gasteiger partial charge < -0.3 is 10.4 Å². The third-order valence-electron chi connectivity index (χ3n) is 2.99. The number of aromatic carboxylic acids is 1. The lowest BCUT2D eigenvalue weighted by Gasteiger charge is -2.05. The smallest absolute Gasteiger partial charge is 0.335 e. The number of carbonyl (C=O) groups excluding carboxylic acids is 1. The standard InChI is InChI=1S/C14H12N4O3S2/c19-11(7-22-12-2-1-5-15-18-12)17-14-16-9-4-3-8(13(20)21)6-10(9)23-14/h3-6H,1-2,7H2,(H,20,21)(H,16,17,19). The van der Waals surface area contributed by atoms with Gasteiger partial charge in [-0.2, -0.15) is 5.10 Å². The molecule has 0 aliphatic carbocycles. The van der Waals surface area contributed by atoms with Gasteiger partial charge in [-0.05, 0) is 24.6 Å². The van der Waals surface area contributed by atoms with Crippen LogP contribution < -0.4 is 5.32 Å². The van der Waals surface area contributed by atoms with Crippen molar-refractivity contribution in [1.82, 2.24) is 4.98 Å². The van der Waals surface area contributed by atoms with Crippen LogP contribution in [0.1, 0.15) is 23.2 Å². The Morgan fingerprint density at radius 2 is 2.26 bits per heavy atom. The summed E-state index contributed by atoms with van der Waals surface area (Å²) in [6, 6.07) is 4.68. The summed E-state index contributed by atoms with van der Waals surface area (Å²) < 4.78 is 0.721. The van der Waals surface area contributed by atoms with E-state index in [4.69, 9.17) is 5.11 Å². The summed E-state index contributed by atoms with van der Waals surface area (Å²) in [4.78, 5) is 27.2. The fourth-order valence-electron chi connectivity index (χ4n) is 1.92. The average Bonchev–Trinajstić information content (AvgIpc) is 2.95. The molecule has 0 saturated carbocycles. The van der Waals surface area contributed by atoms with Crippen molar-refractivity contribution >= 4 is 61.6 Å². The number of rotatable bonds is 4. The van der Waals surface area contributed by atoms with Crippen molar-refractivity contribution in [2.24, 2.45) is 10.2 Å². The van der Waals surface area contributed by atoms with Gasteiger partial charge in [0.15, 0.2) is 5.13 Å². The number of thioether (sulfide) groups is 1. The first kappa shape index (κ1) is 15.6. The first-order valence-corrected chi connectivity index (χ1v) is 8.57. The zero-order valence-corrected chi connectivity index (χ0v) is 13.5. The summed E-state index contributed by atoms with van der Waals surface area (Å²) in [6.45, 7) is 0. The van der Waals surface area contributed by atoms with Gasteiger partial charge in [-0.3, -0.25) is 4.79 Å². The topological polar surface area (TPSA) is 104 Å². The van der Waals surface area contributed by atoms with Gasteiger partial charge in [-0.15, -0.1) is 5.10 Å². The molecule has 1 aromatic carbocycles. The Labute approximate surface area is 139 Å². The van der Waals surface area contributed by atoms with Gasteiger partial charge >= 0.3 is 5.97 Å². The maximum atomic E-state index is 12.0. The van der Waals surface area contributed by atoms with E-state index in [1.165, 1.54) is 29.2 Å². The number of anilines is 1. The van der Waals surface area contributed by atoms with E-state index in [9.17, 15) is 9.59 Å². The molecule has 0 bridgehead atoms. The molecule has 0 saturated heterocycles. The molecule has 7 nitrogen and oxygen atoms in total. The minimum Gasteiger partial charge on any atom is -0.478 e. The first-order chi connectivity index (χ1) is 11.1. The number of nitrogens with one attached hydrogen (secondary N) is 1. The molecule has 0 radical (unpaired) electrons. The molecule has 0 fully saturated rings. The SMILES string of the molecule is O=C(CSC1=NN=CCC1)Nc1nc2ccc(C(=O)O)cc2s1. The molecule has 1 aliphatic rings. The molecule has 0 atom stereocenters. The van der Waals surface area contributed by atoms with E-state index in [0.29, 0.717) is 10.6 Å². The second kappa shape index (κ2) is 6.88. The van der Waals surface area contributed by atoms with Gasteiger partial charge in [0.2, 0.25) is 5.91 Å². The quantitative estimate of drug-likeness (QED) is 0.884. The molecule has 9 heteroatoms. The van der Waals surface area contributed by atoms with Crippen LogP contribution in [0.4, 0.5) is 5.13 Å². The number of benzene rings is 1. The molecular formula is C14H12N4O3S2. The largest absolute Gasteiger partial charge is 0.478 e. The fraction of sp³-hybridized carbons (Fsp3) is 0.214. The molecular weight excluding hydrogens is 336 g/mol. The average molecular weight is 348 g/mol. The summed E-state index contributed by atoms with van der Waals surface area (Å²) in [5.74, 6) is -0.923. The first-order valence-electron chi connectivity index (χ1n) is 6.77. The maximum absolute atomic E-state index is 12.0. The third-order valence-corrected chi connectivity index (χ3v) is 4.95. The number of carbonyl (C=O) groups is 2. The molecule has 1 aromatic heterocycles. The van der Waals surface area contributed by atoms with Crippen LogP contribution in [0.15, 0.2) is 28.4 Å². The summed E-state index contributed by atoms with van der Waals surface area (Å²) in [5.41, 5.74) is 0.861. The monoisotopic (exact) mass is 348 g/mol. The lowest BCUT2D eigenvalue weighted by Crippen LogP contribution is -2.15. The zero-order chi connectivity index (χ0) is 16.2. The molecule has 2 N–H and O–H groups in total. The van der Waals surface area contributed by atoms with Crippen LogP contribution >= 0.6 is 23.1 Å². The maximum Gasteiger partial charge on any atom is 0.335 e. The molecule has 0 unspecified atom stereocenters. The Balaban J connectivity index is 1.64. The molecule has 118 valence electrons. The van der Waals surface area contributed by atoms with E-state index in [-0.39, 0.29) is 17.2 Å². The number of fused-ring (bicyclic) bond motifs is 1. The second-order valence-corrected chi connectivity index (χ2v) is 6.75. The third kappa shape index (κ3) is 3.93. The molecule has 23 heavy (non-hydrogen) atoms. The number of carboxylic acid groups (broad SMARTS) is 1. The van der Waals surface area contributed by atoms with Gasteiger partial charge in [0.1, 0.15) is 0 Å². The van der Waals surface area contributed by atoms with Crippen molar-refractivity contribution in [2.45, 2.75) is 12.8 Å². The van der Waals surface area contributed by atoms with Gasteiger partial charge in [0.25, 0.3) is 0 Å². The van der Waals surface area contributed by atoms with Gasteiger partial charge in [0, 0.05) is 12.6 Å². The van der Waals surface area contributed by atoms with E-state index >= 15 is 0 Å². The number of hydrogen-bond donors (Lipinski definition) is 2. The highest BCUT2D eigenvalue weighted by atomic mass is 32.2. The Hall–Kier alpha value is -2.26. The summed E-state index contributed by atoms with van der Waals surface area (Å²) >= 11 is 2.61. The molecule has 0 spiro atoms. The summed E-state index contributed by atoms with van der Waals surface area (Å²) in [5, 5.41) is 20.8. The molecule has 1 aliphatic heterocycles. The van der Waals surface area contributed by atoms with Crippen molar-refractivity contribution in [3.05, 3.63) is 23.8 Å². The molecule has 2 heterocycles. The second-order valence-electron chi connectivity index (χ2n) is 4.67. The Kier molecular flexibility index (Phi) is 4.68. The highest BCUT2D eigenvalue weighted by Gasteiger charge is 2.12. The number of thiazole rings is 1. The van der Waals surface area contributed by atoms with Crippen molar-refractivity contribution in [3.63, 3.8) is 0 Å². The van der Waals surface area contributed by atoms with Crippen molar-refractivity contribution in [1.29, 1.82) is 0 Å². The normalized spacial score (nSPS) is 13.8. The lowest BCUT2D eigenvalue weighted by molar-refractivity contribution is -0.113. The Morgan fingerprint density at radius 3 is 3.00 bits per heavy atom. The molecule has 1 amide bonds. The van der Waals surface area contributed by atoms with Crippen LogP contribution in [0.2, 0.25) is 0 Å². The fourth-order valence-corrected chi connectivity index (χ4v) is 3.58. The van der Waals surface area contributed by atoms with Crippen molar-refractivity contribution in [2.75, 3.05) is 11.1 Å². The number of nitrogens with zero attached hydrogens (tertiary/aromatic N) is 3. The van der Waals surface area contributed by atoms with Crippen LogP contribution in [-0.2, 0) is 4.79 Å². The molecule has 2 aromatic rings. The highest BCUT2D eigenvalue weighted by molar-refractivity contribution is 8.14. The van der Waals surface area contributed by atoms with E-state index in [0.717, 1.165) is 22.6 Å². The van der Waals surface area contributed by atoms with Crippen LogP contribution in [0.25, 0.3) is 10.2 Å². The van der Waals surface area contributed by atoms with E-state index in [1.54, 1.807) is 18.3 Å². The Bertz CT molecular complexity index is 829. The minimum atomic E-state index is -0.988. The number of carboxylic acids is 1. The van der Waals surface area contributed by atoms with Crippen LogP contribution in [-0.4, -0.2) is 39.0 Å². The number of aromatic nitrogens is 1. The predicted molar refractivity (Wildman–Crippen MR) is 92.8 cm³/mol. The summed E-state index contributed by atoms with van der Waals surface area (Å²) in [6.07, 6.45) is 3.40. The van der Waals surface area contributed by atoms with E-state index in [1.807, 2.05) is 0 Å². The number of amides is 1. The van der Waals surface area contributed by atoms with Gasteiger partial charge in [-0.1, -0.05) is 23.1 Å². The van der Waals surface area contributed by atoms with Gasteiger partial charge in [-0.25, -0.2) is 9.78 Å². The van der Waals surface area contributed by atoms with Crippen molar-refractivity contribution < 1.29 is 14.7 Å².